The first kappa shape index (κ1) is 10.6. The van der Waals surface area contributed by atoms with Crippen LogP contribution in [-0.2, 0) is 9.53 Å². The molecule has 0 unspecified atom stereocenters. The van der Waals surface area contributed by atoms with Gasteiger partial charge in [-0.2, -0.15) is 0 Å². The van der Waals surface area contributed by atoms with Crippen molar-refractivity contribution in [3.63, 3.8) is 0 Å². The van der Waals surface area contributed by atoms with Gasteiger partial charge in [0.05, 0.1) is 0 Å². The van der Waals surface area contributed by atoms with Gasteiger partial charge in [0.15, 0.2) is 11.5 Å². The Kier molecular flexibility index (Phi) is 2.87. The zero-order valence-corrected chi connectivity index (χ0v) is 9.11. The number of nitrogens with zero attached hydrogens (tertiary/aromatic N) is 1. The number of rotatable bonds is 3. The minimum absolute atomic E-state index is 0.0376. The first-order valence-electron chi connectivity index (χ1n) is 4.85. The highest BCUT2D eigenvalue weighted by molar-refractivity contribution is 5.93. The van der Waals surface area contributed by atoms with Crippen LogP contribution in [-0.4, -0.2) is 24.6 Å². The van der Waals surface area contributed by atoms with E-state index in [9.17, 15) is 4.79 Å². The number of methoxy groups -OCH3 is 1. The minimum atomic E-state index is -0.193. The molecule has 0 radical (unpaired) electrons. The molecule has 0 aliphatic carbocycles. The number of benzene rings is 1. The van der Waals surface area contributed by atoms with E-state index in [1.807, 2.05) is 0 Å². The lowest BCUT2D eigenvalue weighted by Gasteiger charge is -2.03. The Morgan fingerprint density at radius 2 is 2.38 bits per heavy atom. The molecule has 1 heterocycles. The van der Waals surface area contributed by atoms with Gasteiger partial charge >= 0.3 is 0 Å². The van der Waals surface area contributed by atoms with Crippen LogP contribution in [0.25, 0.3) is 11.1 Å². The van der Waals surface area contributed by atoms with Gasteiger partial charge in [-0.3, -0.25) is 4.79 Å². The Morgan fingerprint density at radius 3 is 3.12 bits per heavy atom. The summed E-state index contributed by atoms with van der Waals surface area (Å²) in [5.74, 6) is 0.414. The number of aromatic nitrogens is 1. The van der Waals surface area contributed by atoms with E-state index in [1.165, 1.54) is 7.11 Å². The Morgan fingerprint density at radius 1 is 1.56 bits per heavy atom. The summed E-state index contributed by atoms with van der Waals surface area (Å²) in [5, 5.41) is 2.70. The molecule has 0 atom stereocenters. The lowest BCUT2D eigenvalue weighted by atomic mass is 10.3. The molecule has 5 nitrogen and oxygen atoms in total. The summed E-state index contributed by atoms with van der Waals surface area (Å²) >= 11 is 0. The van der Waals surface area contributed by atoms with Crippen molar-refractivity contribution in [3.05, 3.63) is 24.1 Å². The normalized spacial score (nSPS) is 10.6. The summed E-state index contributed by atoms with van der Waals surface area (Å²) in [4.78, 5) is 15.5. The molecule has 84 valence electrons. The molecule has 2 aromatic rings. The summed E-state index contributed by atoms with van der Waals surface area (Å²) in [6.45, 7) is 1.82. The van der Waals surface area contributed by atoms with Crippen molar-refractivity contribution in [2.24, 2.45) is 0 Å². The van der Waals surface area contributed by atoms with Crippen molar-refractivity contribution < 1.29 is 13.9 Å². The zero-order chi connectivity index (χ0) is 11.5. The topological polar surface area (TPSA) is 64.4 Å². The van der Waals surface area contributed by atoms with Crippen LogP contribution in [0.4, 0.5) is 5.69 Å². The number of nitrogens with one attached hydrogen (secondary N) is 1. The number of anilines is 1. The molecule has 0 aliphatic rings. The lowest BCUT2D eigenvalue weighted by molar-refractivity contribution is -0.119. The van der Waals surface area contributed by atoms with E-state index >= 15 is 0 Å². The highest BCUT2D eigenvalue weighted by Crippen LogP contribution is 2.19. The third-order valence-corrected chi connectivity index (χ3v) is 2.05. The molecule has 2 rings (SSSR count). The van der Waals surface area contributed by atoms with Crippen LogP contribution in [0.5, 0.6) is 0 Å². The summed E-state index contributed by atoms with van der Waals surface area (Å²) in [6.07, 6.45) is 0. The van der Waals surface area contributed by atoms with Crippen LogP contribution in [0.3, 0.4) is 0 Å². The molecule has 0 fully saturated rings. The van der Waals surface area contributed by atoms with Crippen molar-refractivity contribution in [3.8, 4) is 0 Å². The van der Waals surface area contributed by atoms with Crippen molar-refractivity contribution in [2.75, 3.05) is 19.0 Å². The highest BCUT2D eigenvalue weighted by atomic mass is 16.5. The molecule has 0 saturated carbocycles. The quantitative estimate of drug-likeness (QED) is 0.855. The molecular formula is C11H12N2O3. The number of hydrogen-bond acceptors (Lipinski definition) is 4. The van der Waals surface area contributed by atoms with Gasteiger partial charge in [0.25, 0.3) is 0 Å². The Hall–Kier alpha value is -1.88. The smallest absolute Gasteiger partial charge is 0.250 e. The molecule has 16 heavy (non-hydrogen) atoms. The van der Waals surface area contributed by atoms with Crippen LogP contribution in [0.2, 0.25) is 0 Å². The second-order valence-corrected chi connectivity index (χ2v) is 3.40. The molecule has 5 heteroatoms. The standard InChI is InChI=1S/C11H12N2O3/c1-7-12-9-5-8(3-4-10(9)16-7)13-11(14)6-15-2/h3-5H,6H2,1-2H3,(H,13,14). The molecule has 0 saturated heterocycles. The molecule has 1 aromatic heterocycles. The first-order valence-corrected chi connectivity index (χ1v) is 4.85. The lowest BCUT2D eigenvalue weighted by Crippen LogP contribution is -2.16. The monoisotopic (exact) mass is 220 g/mol. The maximum absolute atomic E-state index is 11.3. The fourth-order valence-corrected chi connectivity index (χ4v) is 1.45. The zero-order valence-electron chi connectivity index (χ0n) is 9.11. The summed E-state index contributed by atoms with van der Waals surface area (Å²) in [5.41, 5.74) is 2.12. The van der Waals surface area contributed by atoms with Crippen LogP contribution < -0.4 is 5.32 Å². The van der Waals surface area contributed by atoms with E-state index in [0.717, 1.165) is 5.52 Å². The maximum Gasteiger partial charge on any atom is 0.250 e. The highest BCUT2D eigenvalue weighted by Gasteiger charge is 2.05. The molecule has 0 bridgehead atoms. The summed E-state index contributed by atoms with van der Waals surface area (Å²) in [6, 6.07) is 5.30. The third kappa shape index (κ3) is 2.20. The molecule has 1 amide bonds. The number of aryl methyl sites for hydroxylation is 1. The predicted octanol–water partition coefficient (Wildman–Crippen LogP) is 1.72. The molecule has 0 spiro atoms. The first-order chi connectivity index (χ1) is 7.69. The number of fused-ring (bicyclic) bond motifs is 1. The van der Waals surface area contributed by atoms with E-state index in [2.05, 4.69) is 10.3 Å². The van der Waals surface area contributed by atoms with E-state index < -0.39 is 0 Å². The fraction of sp³-hybridized carbons (Fsp3) is 0.273. The molecule has 1 N–H and O–H groups in total. The number of amides is 1. The molecule has 1 aromatic carbocycles. The van der Waals surface area contributed by atoms with Gasteiger partial charge in [-0.1, -0.05) is 0 Å². The predicted molar refractivity (Wildman–Crippen MR) is 59.3 cm³/mol. The van der Waals surface area contributed by atoms with Crippen molar-refractivity contribution >= 4 is 22.7 Å². The SMILES string of the molecule is COCC(=O)Nc1ccc2oc(C)nc2c1. The number of carbonyl (C=O) groups is 1. The van der Waals surface area contributed by atoms with Gasteiger partial charge in [0.1, 0.15) is 12.1 Å². The average molecular weight is 220 g/mol. The van der Waals surface area contributed by atoms with E-state index in [-0.39, 0.29) is 12.5 Å². The fourth-order valence-electron chi connectivity index (χ4n) is 1.45. The van der Waals surface area contributed by atoms with Gasteiger partial charge in [0, 0.05) is 19.7 Å². The van der Waals surface area contributed by atoms with Gasteiger partial charge in [-0.15, -0.1) is 0 Å². The van der Waals surface area contributed by atoms with Crippen molar-refractivity contribution in [1.29, 1.82) is 0 Å². The Balaban J connectivity index is 2.22. The summed E-state index contributed by atoms with van der Waals surface area (Å²) in [7, 11) is 1.48. The second kappa shape index (κ2) is 4.32. The minimum Gasteiger partial charge on any atom is -0.441 e. The van der Waals surface area contributed by atoms with Crippen molar-refractivity contribution in [2.45, 2.75) is 6.92 Å². The van der Waals surface area contributed by atoms with Gasteiger partial charge in [0.2, 0.25) is 5.91 Å². The van der Waals surface area contributed by atoms with E-state index in [0.29, 0.717) is 17.2 Å². The van der Waals surface area contributed by atoms with Crippen LogP contribution >= 0.6 is 0 Å². The summed E-state index contributed by atoms with van der Waals surface area (Å²) < 4.78 is 10.0. The Labute approximate surface area is 92.4 Å². The average Bonchev–Trinajstić information content (AvgIpc) is 2.57. The number of ether oxygens (including phenoxy) is 1. The Bertz CT molecular complexity index is 519. The second-order valence-electron chi connectivity index (χ2n) is 3.40. The van der Waals surface area contributed by atoms with Gasteiger partial charge in [-0.05, 0) is 18.2 Å². The van der Waals surface area contributed by atoms with E-state index in [1.54, 1.807) is 25.1 Å². The van der Waals surface area contributed by atoms with Crippen LogP contribution in [0, 0.1) is 6.92 Å². The number of carbonyl (C=O) groups excluding carboxylic acids is 1. The number of oxazole rings is 1. The molecular weight excluding hydrogens is 208 g/mol. The van der Waals surface area contributed by atoms with Gasteiger partial charge in [-0.25, -0.2) is 4.98 Å². The van der Waals surface area contributed by atoms with E-state index in [4.69, 9.17) is 9.15 Å². The van der Waals surface area contributed by atoms with Crippen LogP contribution in [0.15, 0.2) is 22.6 Å². The third-order valence-electron chi connectivity index (χ3n) is 2.05. The van der Waals surface area contributed by atoms with Gasteiger partial charge < -0.3 is 14.5 Å². The van der Waals surface area contributed by atoms with Crippen molar-refractivity contribution in [1.82, 2.24) is 4.98 Å². The maximum atomic E-state index is 11.3. The largest absolute Gasteiger partial charge is 0.441 e. The van der Waals surface area contributed by atoms with Crippen LogP contribution in [0.1, 0.15) is 5.89 Å². The molecule has 0 aliphatic heterocycles. The number of hydrogen-bond donors (Lipinski definition) is 1.